The lowest BCUT2D eigenvalue weighted by Gasteiger charge is -2.32. The van der Waals surface area contributed by atoms with E-state index < -0.39 is 0 Å². The van der Waals surface area contributed by atoms with Gasteiger partial charge in [-0.25, -0.2) is 0 Å². The number of hydrogen-bond donors (Lipinski definition) is 3. The Labute approximate surface area is 181 Å². The third-order valence-corrected chi connectivity index (χ3v) is 5.06. The monoisotopic (exact) mass is 422 g/mol. The molecular weight excluding hydrogens is 396 g/mol. The molecule has 2 aromatic carbocycles. The first-order valence-electron chi connectivity index (χ1n) is 10.2. The molecule has 0 unspecified atom stereocenters. The first-order valence-corrected chi connectivity index (χ1v) is 10.2. The smallest absolute Gasteiger partial charge is 0.251 e. The maximum Gasteiger partial charge on any atom is 0.251 e. The molecule has 1 heterocycles. The predicted octanol–water partition coefficient (Wildman–Crippen LogP) is 1.80. The lowest BCUT2D eigenvalue weighted by molar-refractivity contribution is -0.131. The Morgan fingerprint density at radius 2 is 1.58 bits per heavy atom. The summed E-state index contributed by atoms with van der Waals surface area (Å²) in [6.07, 6.45) is 1.27. The van der Waals surface area contributed by atoms with E-state index in [1.807, 2.05) is 6.07 Å². The van der Waals surface area contributed by atoms with E-state index in [9.17, 15) is 19.2 Å². The Bertz CT molecular complexity index is 953. The van der Waals surface area contributed by atoms with Crippen LogP contribution in [0.2, 0.25) is 0 Å². The predicted molar refractivity (Wildman–Crippen MR) is 117 cm³/mol. The van der Waals surface area contributed by atoms with Gasteiger partial charge in [-0.1, -0.05) is 24.3 Å². The van der Waals surface area contributed by atoms with Gasteiger partial charge in [0, 0.05) is 42.9 Å². The number of carbonyl (C=O) groups is 4. The van der Waals surface area contributed by atoms with Crippen LogP contribution in [0.25, 0.3) is 0 Å². The average molecular weight is 422 g/mol. The Balaban J connectivity index is 1.44. The number of piperidine rings is 1. The van der Waals surface area contributed by atoms with Gasteiger partial charge in [-0.15, -0.1) is 0 Å². The van der Waals surface area contributed by atoms with Crippen molar-refractivity contribution < 1.29 is 19.2 Å². The van der Waals surface area contributed by atoms with Crippen molar-refractivity contribution in [3.05, 3.63) is 65.7 Å². The molecule has 0 atom stereocenters. The molecule has 0 saturated carbocycles. The van der Waals surface area contributed by atoms with Gasteiger partial charge in [-0.2, -0.15) is 0 Å². The van der Waals surface area contributed by atoms with Gasteiger partial charge in [0.05, 0.1) is 6.54 Å². The molecule has 1 saturated heterocycles. The first-order chi connectivity index (χ1) is 14.9. The van der Waals surface area contributed by atoms with E-state index in [1.165, 1.54) is 6.92 Å². The summed E-state index contributed by atoms with van der Waals surface area (Å²) in [5.74, 6) is -0.837. The van der Waals surface area contributed by atoms with Crippen LogP contribution in [0.3, 0.4) is 0 Å². The molecule has 0 bridgehead atoms. The van der Waals surface area contributed by atoms with E-state index in [1.54, 1.807) is 53.4 Å². The molecule has 0 aromatic heterocycles. The van der Waals surface area contributed by atoms with Crippen molar-refractivity contribution in [2.75, 3.05) is 25.0 Å². The van der Waals surface area contributed by atoms with Gasteiger partial charge in [0.25, 0.3) is 11.8 Å². The molecule has 162 valence electrons. The normalized spacial score (nSPS) is 13.9. The second-order valence-electron chi connectivity index (χ2n) is 7.44. The fourth-order valence-electron chi connectivity index (χ4n) is 3.44. The molecule has 0 aliphatic carbocycles. The number of nitrogens with zero attached hydrogens (tertiary/aromatic N) is 1. The van der Waals surface area contributed by atoms with Gasteiger partial charge in [0.2, 0.25) is 11.8 Å². The molecule has 1 aliphatic heterocycles. The van der Waals surface area contributed by atoms with Crippen molar-refractivity contribution in [1.82, 2.24) is 15.5 Å². The quantitative estimate of drug-likeness (QED) is 0.660. The van der Waals surface area contributed by atoms with E-state index in [4.69, 9.17) is 0 Å². The maximum atomic E-state index is 12.5. The zero-order valence-corrected chi connectivity index (χ0v) is 17.4. The number of amides is 4. The van der Waals surface area contributed by atoms with Crippen LogP contribution in [0.4, 0.5) is 5.69 Å². The molecule has 1 fully saturated rings. The molecule has 2 aromatic rings. The lowest BCUT2D eigenvalue weighted by Crippen LogP contribution is -2.49. The van der Waals surface area contributed by atoms with E-state index >= 15 is 0 Å². The van der Waals surface area contributed by atoms with Crippen molar-refractivity contribution in [3.8, 4) is 0 Å². The van der Waals surface area contributed by atoms with Crippen molar-refractivity contribution in [1.29, 1.82) is 0 Å². The highest BCUT2D eigenvalue weighted by Gasteiger charge is 2.24. The summed E-state index contributed by atoms with van der Waals surface area (Å²) >= 11 is 0. The van der Waals surface area contributed by atoms with Gasteiger partial charge in [0.1, 0.15) is 0 Å². The van der Waals surface area contributed by atoms with E-state index in [0.29, 0.717) is 42.7 Å². The summed E-state index contributed by atoms with van der Waals surface area (Å²) in [5, 5.41) is 8.30. The Kier molecular flexibility index (Phi) is 7.37. The molecule has 8 nitrogen and oxygen atoms in total. The SMILES string of the molecule is CC(=O)Nc1cccc(C(=O)NC2CCN(C(=O)CNC(=O)c3ccccc3)CC2)c1. The molecule has 3 rings (SSSR count). The van der Waals surface area contributed by atoms with Gasteiger partial charge >= 0.3 is 0 Å². The highest BCUT2D eigenvalue weighted by Crippen LogP contribution is 2.14. The highest BCUT2D eigenvalue weighted by molar-refractivity contribution is 5.97. The van der Waals surface area contributed by atoms with Crippen LogP contribution in [-0.2, 0) is 9.59 Å². The Morgan fingerprint density at radius 3 is 2.26 bits per heavy atom. The van der Waals surface area contributed by atoms with Gasteiger partial charge in [-0.3, -0.25) is 19.2 Å². The zero-order valence-electron chi connectivity index (χ0n) is 17.4. The molecule has 0 spiro atoms. The minimum Gasteiger partial charge on any atom is -0.349 e. The van der Waals surface area contributed by atoms with Crippen molar-refractivity contribution >= 4 is 29.3 Å². The summed E-state index contributed by atoms with van der Waals surface area (Å²) < 4.78 is 0. The summed E-state index contributed by atoms with van der Waals surface area (Å²) in [6.45, 7) is 2.38. The summed E-state index contributed by atoms with van der Waals surface area (Å²) in [4.78, 5) is 49.9. The number of likely N-dealkylation sites (tertiary alicyclic amines) is 1. The number of benzene rings is 2. The summed E-state index contributed by atoms with van der Waals surface area (Å²) in [6, 6.07) is 15.5. The minimum atomic E-state index is -0.280. The van der Waals surface area contributed by atoms with Crippen molar-refractivity contribution in [3.63, 3.8) is 0 Å². The number of nitrogens with one attached hydrogen (secondary N) is 3. The van der Waals surface area contributed by atoms with Gasteiger partial charge in [0.15, 0.2) is 0 Å². The summed E-state index contributed by atoms with van der Waals surface area (Å²) in [5.41, 5.74) is 1.55. The Morgan fingerprint density at radius 1 is 0.903 bits per heavy atom. The highest BCUT2D eigenvalue weighted by atomic mass is 16.2. The van der Waals surface area contributed by atoms with Crippen LogP contribution in [0.15, 0.2) is 54.6 Å². The second kappa shape index (κ2) is 10.4. The molecule has 1 aliphatic rings. The maximum absolute atomic E-state index is 12.5. The van der Waals surface area contributed by atoms with Crippen LogP contribution in [0.1, 0.15) is 40.5 Å². The third-order valence-electron chi connectivity index (χ3n) is 5.06. The van der Waals surface area contributed by atoms with Crippen LogP contribution in [0.5, 0.6) is 0 Å². The molecule has 8 heteroatoms. The molecule has 31 heavy (non-hydrogen) atoms. The summed E-state index contributed by atoms with van der Waals surface area (Å²) in [7, 11) is 0. The Hall–Kier alpha value is -3.68. The number of hydrogen-bond acceptors (Lipinski definition) is 4. The van der Waals surface area contributed by atoms with Crippen LogP contribution >= 0.6 is 0 Å². The number of rotatable bonds is 6. The number of anilines is 1. The second-order valence-corrected chi connectivity index (χ2v) is 7.44. The van der Waals surface area contributed by atoms with Crippen LogP contribution in [-0.4, -0.2) is 54.2 Å². The van der Waals surface area contributed by atoms with Crippen molar-refractivity contribution in [2.45, 2.75) is 25.8 Å². The molecule has 3 N–H and O–H groups in total. The molecule has 0 radical (unpaired) electrons. The minimum absolute atomic E-state index is 0.0418. The largest absolute Gasteiger partial charge is 0.349 e. The lowest BCUT2D eigenvalue weighted by atomic mass is 10.0. The topological polar surface area (TPSA) is 108 Å². The van der Waals surface area contributed by atoms with E-state index in [2.05, 4.69) is 16.0 Å². The third kappa shape index (κ3) is 6.40. The fourth-order valence-corrected chi connectivity index (χ4v) is 3.44. The van der Waals surface area contributed by atoms with Crippen LogP contribution < -0.4 is 16.0 Å². The fraction of sp³-hybridized carbons (Fsp3) is 0.304. The zero-order chi connectivity index (χ0) is 22.2. The first kappa shape index (κ1) is 22.0. The van der Waals surface area contributed by atoms with E-state index in [-0.39, 0.29) is 36.2 Å². The van der Waals surface area contributed by atoms with Gasteiger partial charge < -0.3 is 20.9 Å². The standard InChI is InChI=1S/C23H26N4O4/c1-16(28)25-20-9-5-8-18(14-20)23(31)26-19-10-12-27(13-11-19)21(29)15-24-22(30)17-6-3-2-4-7-17/h2-9,14,19H,10-13,15H2,1H3,(H,24,30)(H,25,28)(H,26,31). The molecular formula is C23H26N4O4. The number of carbonyl (C=O) groups excluding carboxylic acids is 4. The van der Waals surface area contributed by atoms with Crippen molar-refractivity contribution in [2.24, 2.45) is 0 Å². The van der Waals surface area contributed by atoms with E-state index in [0.717, 1.165) is 0 Å². The van der Waals surface area contributed by atoms with Crippen LogP contribution in [0, 0.1) is 0 Å². The molecule has 4 amide bonds. The van der Waals surface area contributed by atoms with Gasteiger partial charge in [-0.05, 0) is 43.2 Å². The average Bonchev–Trinajstić information content (AvgIpc) is 2.78.